The van der Waals surface area contributed by atoms with Crippen molar-refractivity contribution < 1.29 is 23.8 Å². The molecule has 0 unspecified atom stereocenters. The molecular formula is C19H26ClN3O5. The first-order valence-electron chi connectivity index (χ1n) is 9.37. The Morgan fingerprint density at radius 1 is 1.32 bits per heavy atom. The number of hydrogen-bond donors (Lipinski definition) is 2. The maximum atomic E-state index is 11.8. The first kappa shape index (κ1) is 22.0. The Morgan fingerprint density at radius 3 is 2.82 bits per heavy atom. The number of amides is 2. The lowest BCUT2D eigenvalue weighted by atomic mass is 10.2. The third kappa shape index (κ3) is 6.69. The fourth-order valence-corrected chi connectivity index (χ4v) is 2.85. The molecule has 0 aromatic heterocycles. The third-order valence-electron chi connectivity index (χ3n) is 3.88. The summed E-state index contributed by atoms with van der Waals surface area (Å²) in [6.07, 6.45) is 4.02. The van der Waals surface area contributed by atoms with Gasteiger partial charge in [-0.15, -0.1) is 0 Å². The van der Waals surface area contributed by atoms with Crippen LogP contribution in [0.15, 0.2) is 17.2 Å². The summed E-state index contributed by atoms with van der Waals surface area (Å²) < 4.78 is 16.6. The number of nitrogens with zero attached hydrogens (tertiary/aromatic N) is 1. The van der Waals surface area contributed by atoms with E-state index >= 15 is 0 Å². The van der Waals surface area contributed by atoms with Gasteiger partial charge in [0.2, 0.25) is 0 Å². The minimum absolute atomic E-state index is 0.0344. The highest BCUT2D eigenvalue weighted by molar-refractivity contribution is 6.35. The number of nitrogens with one attached hydrogen (secondary N) is 2. The van der Waals surface area contributed by atoms with Crippen LogP contribution in [0.1, 0.15) is 38.7 Å². The summed E-state index contributed by atoms with van der Waals surface area (Å²) in [4.78, 5) is 23.6. The molecule has 28 heavy (non-hydrogen) atoms. The predicted molar refractivity (Wildman–Crippen MR) is 106 cm³/mol. The normalized spacial score (nSPS) is 16.2. The number of rotatable bonds is 9. The maximum absolute atomic E-state index is 11.8. The van der Waals surface area contributed by atoms with Crippen LogP contribution in [-0.4, -0.2) is 50.5 Å². The van der Waals surface area contributed by atoms with Crippen LogP contribution in [0.4, 0.5) is 0 Å². The van der Waals surface area contributed by atoms with Crippen molar-refractivity contribution in [1.82, 2.24) is 10.7 Å². The largest absolute Gasteiger partial charge is 0.490 e. The molecule has 0 bridgehead atoms. The van der Waals surface area contributed by atoms with Gasteiger partial charge in [-0.1, -0.05) is 18.5 Å². The summed E-state index contributed by atoms with van der Waals surface area (Å²) in [5.41, 5.74) is 2.78. The molecule has 2 N–H and O–H groups in total. The second-order valence-electron chi connectivity index (χ2n) is 6.16. The molecule has 1 fully saturated rings. The molecule has 2 amide bonds. The van der Waals surface area contributed by atoms with Gasteiger partial charge in [0, 0.05) is 13.2 Å². The first-order chi connectivity index (χ1) is 13.5. The van der Waals surface area contributed by atoms with Crippen LogP contribution in [0.3, 0.4) is 0 Å². The quantitative estimate of drug-likeness (QED) is 0.369. The van der Waals surface area contributed by atoms with Crippen LogP contribution < -0.4 is 20.2 Å². The highest BCUT2D eigenvalue weighted by Crippen LogP contribution is 2.36. The van der Waals surface area contributed by atoms with Gasteiger partial charge in [-0.05, 0) is 43.9 Å². The van der Waals surface area contributed by atoms with Gasteiger partial charge < -0.3 is 19.5 Å². The Balaban J connectivity index is 1.92. The highest BCUT2D eigenvalue weighted by atomic mass is 35.5. The summed E-state index contributed by atoms with van der Waals surface area (Å²) in [5.74, 6) is -0.650. The zero-order valence-electron chi connectivity index (χ0n) is 16.1. The first-order valence-corrected chi connectivity index (χ1v) is 9.74. The highest BCUT2D eigenvalue weighted by Gasteiger charge is 2.19. The van der Waals surface area contributed by atoms with Gasteiger partial charge in [0.1, 0.15) is 0 Å². The zero-order valence-corrected chi connectivity index (χ0v) is 16.9. The number of hydrogen-bond acceptors (Lipinski definition) is 6. The standard InChI is InChI=1S/C19H26ClN3O5/c1-3-7-28-17-15(20)9-13(10-16(17)26-4-2)11-22-23-19(25)18(24)21-12-14-6-5-8-27-14/h9-11,14H,3-8,12H2,1-2H3,(H,21,24)(H,23,25)/b22-11-/t14-/m1/s1. The van der Waals surface area contributed by atoms with Crippen molar-refractivity contribution in [3.8, 4) is 11.5 Å². The minimum Gasteiger partial charge on any atom is -0.490 e. The molecule has 1 saturated heterocycles. The lowest BCUT2D eigenvalue weighted by Gasteiger charge is -2.13. The summed E-state index contributed by atoms with van der Waals surface area (Å²) in [6, 6.07) is 3.34. The lowest BCUT2D eigenvalue weighted by Crippen LogP contribution is -2.41. The summed E-state index contributed by atoms with van der Waals surface area (Å²) in [5, 5.41) is 6.71. The fraction of sp³-hybridized carbons (Fsp3) is 0.526. The molecule has 1 aliphatic rings. The maximum Gasteiger partial charge on any atom is 0.329 e. The van der Waals surface area contributed by atoms with E-state index in [1.165, 1.54) is 6.21 Å². The van der Waals surface area contributed by atoms with Crippen molar-refractivity contribution in [3.05, 3.63) is 22.7 Å². The van der Waals surface area contributed by atoms with Gasteiger partial charge in [0.05, 0.1) is 30.6 Å². The van der Waals surface area contributed by atoms with Gasteiger partial charge in [-0.2, -0.15) is 5.10 Å². The van der Waals surface area contributed by atoms with E-state index < -0.39 is 11.8 Å². The summed E-state index contributed by atoms with van der Waals surface area (Å²) >= 11 is 6.27. The van der Waals surface area contributed by atoms with Gasteiger partial charge in [0.15, 0.2) is 11.5 Å². The van der Waals surface area contributed by atoms with E-state index in [4.69, 9.17) is 25.8 Å². The molecule has 1 heterocycles. The molecule has 154 valence electrons. The van der Waals surface area contributed by atoms with E-state index in [1.54, 1.807) is 12.1 Å². The zero-order chi connectivity index (χ0) is 20.4. The van der Waals surface area contributed by atoms with Crippen LogP contribution in [0, 0.1) is 0 Å². The molecule has 1 aliphatic heterocycles. The SMILES string of the molecule is CCCOc1c(Cl)cc(/C=N\NC(=O)C(=O)NC[C@H]2CCCO2)cc1OCC. The predicted octanol–water partition coefficient (Wildman–Crippen LogP) is 2.27. The molecule has 2 rings (SSSR count). The van der Waals surface area contributed by atoms with E-state index in [1.807, 2.05) is 13.8 Å². The van der Waals surface area contributed by atoms with Crippen LogP contribution >= 0.6 is 11.6 Å². The number of halogens is 1. The van der Waals surface area contributed by atoms with Crippen molar-refractivity contribution in [2.24, 2.45) is 5.10 Å². The van der Waals surface area contributed by atoms with Crippen LogP contribution in [0.25, 0.3) is 0 Å². The van der Waals surface area contributed by atoms with Crippen molar-refractivity contribution in [3.63, 3.8) is 0 Å². The molecular weight excluding hydrogens is 386 g/mol. The number of ether oxygens (including phenoxy) is 3. The average molecular weight is 412 g/mol. The average Bonchev–Trinajstić information content (AvgIpc) is 3.19. The molecule has 1 atom stereocenters. The second kappa shape index (κ2) is 11.5. The van der Waals surface area contributed by atoms with E-state index in [9.17, 15) is 9.59 Å². The fourth-order valence-electron chi connectivity index (χ4n) is 2.58. The van der Waals surface area contributed by atoms with Crippen molar-refractivity contribution in [2.45, 2.75) is 39.2 Å². The number of benzene rings is 1. The van der Waals surface area contributed by atoms with E-state index in [2.05, 4.69) is 15.8 Å². The third-order valence-corrected chi connectivity index (χ3v) is 4.16. The Morgan fingerprint density at radius 2 is 2.14 bits per heavy atom. The second-order valence-corrected chi connectivity index (χ2v) is 6.56. The lowest BCUT2D eigenvalue weighted by molar-refractivity contribution is -0.139. The number of carbonyl (C=O) groups excluding carboxylic acids is 2. The summed E-state index contributed by atoms with van der Waals surface area (Å²) in [7, 11) is 0. The van der Waals surface area contributed by atoms with Crippen LogP contribution in [-0.2, 0) is 14.3 Å². The van der Waals surface area contributed by atoms with Gasteiger partial charge in [0.25, 0.3) is 0 Å². The molecule has 0 aliphatic carbocycles. The smallest absolute Gasteiger partial charge is 0.329 e. The van der Waals surface area contributed by atoms with Crippen LogP contribution in [0.5, 0.6) is 11.5 Å². The Hall–Kier alpha value is -2.32. The molecule has 9 heteroatoms. The van der Waals surface area contributed by atoms with E-state index in [0.29, 0.717) is 48.5 Å². The Labute approximate surface area is 169 Å². The van der Waals surface area contributed by atoms with Crippen LogP contribution in [0.2, 0.25) is 5.02 Å². The molecule has 0 saturated carbocycles. The Kier molecular flexibility index (Phi) is 9.03. The van der Waals surface area contributed by atoms with E-state index in [-0.39, 0.29) is 6.10 Å². The molecule has 1 aromatic carbocycles. The van der Waals surface area contributed by atoms with Crippen molar-refractivity contribution >= 4 is 29.6 Å². The van der Waals surface area contributed by atoms with Gasteiger partial charge in [-0.3, -0.25) is 9.59 Å². The topological polar surface area (TPSA) is 98.2 Å². The van der Waals surface area contributed by atoms with Gasteiger partial charge >= 0.3 is 11.8 Å². The molecule has 1 aromatic rings. The summed E-state index contributed by atoms with van der Waals surface area (Å²) in [6.45, 7) is 5.81. The number of carbonyl (C=O) groups is 2. The number of hydrazone groups is 1. The molecule has 8 nitrogen and oxygen atoms in total. The molecule has 0 radical (unpaired) electrons. The van der Waals surface area contributed by atoms with E-state index in [0.717, 1.165) is 19.3 Å². The monoisotopic (exact) mass is 411 g/mol. The van der Waals surface area contributed by atoms with Crippen molar-refractivity contribution in [1.29, 1.82) is 0 Å². The molecule has 0 spiro atoms. The minimum atomic E-state index is -0.853. The van der Waals surface area contributed by atoms with Gasteiger partial charge in [-0.25, -0.2) is 5.43 Å². The Bertz CT molecular complexity index is 705. The van der Waals surface area contributed by atoms with Crippen molar-refractivity contribution in [2.75, 3.05) is 26.4 Å².